The van der Waals surface area contributed by atoms with E-state index in [0.717, 1.165) is 49.4 Å². The molecule has 0 spiro atoms. The zero-order valence-electron chi connectivity index (χ0n) is 14.6. The fraction of sp³-hybridized carbons (Fsp3) is 0.333. The molecule has 1 saturated carbocycles. The summed E-state index contributed by atoms with van der Waals surface area (Å²) in [6.45, 7) is 2.55. The molecule has 26 heavy (non-hydrogen) atoms. The lowest BCUT2D eigenvalue weighted by Gasteiger charge is -2.27. The van der Waals surface area contributed by atoms with Crippen molar-refractivity contribution in [2.45, 2.75) is 38.3 Å². The third kappa shape index (κ3) is 3.13. The van der Waals surface area contributed by atoms with Crippen LogP contribution in [0.2, 0.25) is 0 Å². The summed E-state index contributed by atoms with van der Waals surface area (Å²) in [5.74, 6) is 1.40. The molecule has 0 atom stereocenters. The Morgan fingerprint density at radius 3 is 2.85 bits per heavy atom. The normalized spacial score (nSPS) is 17.2. The second-order valence-corrected chi connectivity index (χ2v) is 8.27. The highest BCUT2D eigenvalue weighted by Crippen LogP contribution is 2.38. The highest BCUT2D eigenvalue weighted by atomic mass is 32.1. The van der Waals surface area contributed by atoms with E-state index in [1.807, 2.05) is 6.07 Å². The van der Waals surface area contributed by atoms with Crippen LogP contribution in [0.4, 0.5) is 0 Å². The van der Waals surface area contributed by atoms with Gasteiger partial charge in [0.1, 0.15) is 5.82 Å². The van der Waals surface area contributed by atoms with Gasteiger partial charge >= 0.3 is 0 Å². The number of nitrogens with one attached hydrogen (secondary N) is 1. The van der Waals surface area contributed by atoms with Gasteiger partial charge in [-0.2, -0.15) is 0 Å². The zero-order chi connectivity index (χ0) is 17.5. The number of aromatic amines is 1. The summed E-state index contributed by atoms with van der Waals surface area (Å²) in [6.07, 6.45) is 3.20. The molecule has 0 radical (unpaired) electrons. The van der Waals surface area contributed by atoms with Gasteiger partial charge in [-0.15, -0.1) is 11.3 Å². The van der Waals surface area contributed by atoms with E-state index in [4.69, 9.17) is 4.98 Å². The monoisotopic (exact) mass is 363 g/mol. The fourth-order valence-electron chi connectivity index (χ4n) is 3.65. The Bertz CT molecular complexity index is 988. The smallest absolute Gasteiger partial charge is 0.255 e. The van der Waals surface area contributed by atoms with Crippen LogP contribution in [0.5, 0.6) is 0 Å². The van der Waals surface area contributed by atoms with E-state index in [1.54, 1.807) is 11.3 Å². The van der Waals surface area contributed by atoms with Gasteiger partial charge in [-0.05, 0) is 35.4 Å². The number of hydrogen-bond acceptors (Lipinski definition) is 4. The molecular formula is C21H21N3OS. The molecule has 0 saturated heterocycles. The molecule has 3 heterocycles. The van der Waals surface area contributed by atoms with Crippen LogP contribution in [0.1, 0.15) is 40.7 Å². The van der Waals surface area contributed by atoms with E-state index < -0.39 is 0 Å². The van der Waals surface area contributed by atoms with Crippen molar-refractivity contribution in [3.8, 4) is 11.1 Å². The average Bonchev–Trinajstić information content (AvgIpc) is 3.42. The van der Waals surface area contributed by atoms with Crippen molar-refractivity contribution in [1.82, 2.24) is 14.9 Å². The van der Waals surface area contributed by atoms with Crippen LogP contribution in [0.3, 0.4) is 0 Å². The summed E-state index contributed by atoms with van der Waals surface area (Å²) in [5, 5.41) is 2.22. The lowest BCUT2D eigenvalue weighted by Crippen LogP contribution is -2.35. The minimum atomic E-state index is 0.0674. The predicted molar refractivity (Wildman–Crippen MR) is 104 cm³/mol. The number of fused-ring (bicyclic) bond motifs is 1. The molecule has 4 nitrogen and oxygen atoms in total. The predicted octanol–water partition coefficient (Wildman–Crippen LogP) is 3.93. The maximum absolute atomic E-state index is 12.5. The van der Waals surface area contributed by atoms with Crippen molar-refractivity contribution in [3.05, 3.63) is 74.1 Å². The number of aromatic nitrogens is 2. The van der Waals surface area contributed by atoms with Crippen LogP contribution < -0.4 is 5.56 Å². The number of thiophene rings is 1. The van der Waals surface area contributed by atoms with E-state index in [9.17, 15) is 4.79 Å². The number of benzene rings is 1. The third-order valence-corrected chi connectivity index (χ3v) is 6.19. The van der Waals surface area contributed by atoms with E-state index in [1.165, 1.54) is 16.0 Å². The topological polar surface area (TPSA) is 49.0 Å². The minimum absolute atomic E-state index is 0.0674. The van der Waals surface area contributed by atoms with Gasteiger partial charge in [0.05, 0.1) is 11.3 Å². The van der Waals surface area contributed by atoms with E-state index >= 15 is 0 Å². The first-order valence-electron chi connectivity index (χ1n) is 9.23. The summed E-state index contributed by atoms with van der Waals surface area (Å²) in [5.41, 5.74) is 4.48. The van der Waals surface area contributed by atoms with Crippen molar-refractivity contribution >= 4 is 11.3 Å². The van der Waals surface area contributed by atoms with Crippen molar-refractivity contribution in [3.63, 3.8) is 0 Å². The molecule has 2 aliphatic rings. The molecular weight excluding hydrogens is 342 g/mol. The van der Waals surface area contributed by atoms with E-state index in [0.29, 0.717) is 12.5 Å². The van der Waals surface area contributed by atoms with Crippen LogP contribution in [0.25, 0.3) is 11.1 Å². The first-order chi connectivity index (χ1) is 12.8. The first kappa shape index (κ1) is 16.0. The molecule has 0 amide bonds. The molecule has 3 aromatic rings. The van der Waals surface area contributed by atoms with Crippen molar-refractivity contribution < 1.29 is 0 Å². The Morgan fingerprint density at radius 1 is 1.19 bits per heavy atom. The molecule has 132 valence electrons. The molecule has 1 fully saturated rings. The molecule has 5 heteroatoms. The maximum atomic E-state index is 12.5. The Morgan fingerprint density at radius 2 is 2.04 bits per heavy atom. The number of hydrogen-bond donors (Lipinski definition) is 1. The summed E-state index contributed by atoms with van der Waals surface area (Å²) in [7, 11) is 0. The standard InChI is InChI=1S/C21H21N3OS/c25-21-18-12-24(9-8-19(18)22-20(23-21)15-6-7-15)11-17-10-16(13-26-17)14-4-2-1-3-5-14/h1-5,10,13,15H,6-9,11-12H2,(H,22,23,25). The van der Waals surface area contributed by atoms with Gasteiger partial charge < -0.3 is 4.98 Å². The molecule has 1 N–H and O–H groups in total. The highest BCUT2D eigenvalue weighted by Gasteiger charge is 2.29. The van der Waals surface area contributed by atoms with Gasteiger partial charge in [-0.1, -0.05) is 30.3 Å². The van der Waals surface area contributed by atoms with Crippen molar-refractivity contribution in [2.24, 2.45) is 0 Å². The van der Waals surface area contributed by atoms with E-state index in [-0.39, 0.29) is 5.56 Å². The SMILES string of the molecule is O=c1[nH]c(C2CC2)nc2c1CN(Cc1cc(-c3ccccc3)cs1)CC2. The largest absolute Gasteiger partial charge is 0.310 e. The Balaban J connectivity index is 1.32. The number of rotatable bonds is 4. The average molecular weight is 363 g/mol. The van der Waals surface area contributed by atoms with Gasteiger partial charge in [-0.25, -0.2) is 4.98 Å². The van der Waals surface area contributed by atoms with Gasteiger partial charge in [0.2, 0.25) is 0 Å². The van der Waals surface area contributed by atoms with E-state index in [2.05, 4.69) is 45.6 Å². The lowest BCUT2D eigenvalue weighted by atomic mass is 10.1. The van der Waals surface area contributed by atoms with Crippen LogP contribution in [0, 0.1) is 0 Å². The Labute approximate surface area is 156 Å². The molecule has 2 aromatic heterocycles. The molecule has 0 bridgehead atoms. The van der Waals surface area contributed by atoms with Crippen LogP contribution >= 0.6 is 11.3 Å². The van der Waals surface area contributed by atoms with Gasteiger partial charge in [0.15, 0.2) is 0 Å². The van der Waals surface area contributed by atoms with Crippen molar-refractivity contribution in [2.75, 3.05) is 6.54 Å². The number of nitrogens with zero attached hydrogens (tertiary/aromatic N) is 2. The van der Waals surface area contributed by atoms with Crippen LogP contribution in [-0.2, 0) is 19.5 Å². The molecule has 0 unspecified atom stereocenters. The van der Waals surface area contributed by atoms with Crippen LogP contribution in [-0.4, -0.2) is 21.4 Å². The summed E-state index contributed by atoms with van der Waals surface area (Å²) < 4.78 is 0. The zero-order valence-corrected chi connectivity index (χ0v) is 15.4. The second-order valence-electron chi connectivity index (χ2n) is 7.28. The van der Waals surface area contributed by atoms with Crippen LogP contribution in [0.15, 0.2) is 46.6 Å². The molecule has 5 rings (SSSR count). The fourth-order valence-corrected chi connectivity index (χ4v) is 4.59. The van der Waals surface area contributed by atoms with Gasteiger partial charge in [0.25, 0.3) is 5.56 Å². The molecule has 1 aliphatic carbocycles. The molecule has 1 aliphatic heterocycles. The maximum Gasteiger partial charge on any atom is 0.255 e. The minimum Gasteiger partial charge on any atom is -0.310 e. The Kier molecular flexibility index (Phi) is 3.98. The van der Waals surface area contributed by atoms with Gasteiger partial charge in [-0.3, -0.25) is 9.69 Å². The third-order valence-electron chi connectivity index (χ3n) is 5.27. The first-order valence-corrected chi connectivity index (χ1v) is 10.1. The summed E-state index contributed by atoms with van der Waals surface area (Å²) in [4.78, 5) is 23.9. The van der Waals surface area contributed by atoms with Gasteiger partial charge in [0, 0.05) is 36.9 Å². The van der Waals surface area contributed by atoms with Crippen molar-refractivity contribution in [1.29, 1.82) is 0 Å². The number of H-pyrrole nitrogens is 1. The quantitative estimate of drug-likeness (QED) is 0.764. The lowest BCUT2D eigenvalue weighted by molar-refractivity contribution is 0.243. The molecule has 1 aromatic carbocycles. The second kappa shape index (κ2) is 6.49. The summed E-state index contributed by atoms with van der Waals surface area (Å²) in [6, 6.07) is 12.8. The Hall–Kier alpha value is -2.24. The highest BCUT2D eigenvalue weighted by molar-refractivity contribution is 7.10. The summed E-state index contributed by atoms with van der Waals surface area (Å²) >= 11 is 1.79.